The minimum absolute atomic E-state index is 0.132. The quantitative estimate of drug-likeness (QED) is 0.828. The van der Waals surface area contributed by atoms with Gasteiger partial charge in [0.2, 0.25) is 5.91 Å². The average molecular weight is 301 g/mol. The summed E-state index contributed by atoms with van der Waals surface area (Å²) in [6.07, 6.45) is 0. The lowest BCUT2D eigenvalue weighted by Crippen LogP contribution is -2.51. The number of carbonyl (C=O) groups is 2. The van der Waals surface area contributed by atoms with Gasteiger partial charge in [-0.2, -0.15) is 0 Å². The molecule has 21 heavy (non-hydrogen) atoms. The van der Waals surface area contributed by atoms with Gasteiger partial charge in [-0.15, -0.1) is 11.3 Å². The summed E-state index contributed by atoms with van der Waals surface area (Å²) in [4.78, 5) is 27.3. The number of nitrogen functional groups attached to an aromatic ring is 1. The first-order valence-corrected chi connectivity index (χ1v) is 7.52. The molecule has 3 rings (SSSR count). The van der Waals surface area contributed by atoms with Gasteiger partial charge in [0, 0.05) is 29.2 Å². The van der Waals surface area contributed by atoms with E-state index in [1.165, 1.54) is 11.3 Å². The Morgan fingerprint density at radius 1 is 1.29 bits per heavy atom. The van der Waals surface area contributed by atoms with E-state index in [2.05, 4.69) is 5.32 Å². The molecule has 1 fully saturated rings. The first-order chi connectivity index (χ1) is 10.2. The fraction of sp³-hybridized carbons (Fsp3) is 0.200. The van der Waals surface area contributed by atoms with E-state index < -0.39 is 6.04 Å². The highest BCUT2D eigenvalue weighted by molar-refractivity contribution is 7.10. The number of piperazine rings is 1. The van der Waals surface area contributed by atoms with Gasteiger partial charge in [0.05, 0.1) is 0 Å². The van der Waals surface area contributed by atoms with Crippen LogP contribution in [0.1, 0.15) is 21.3 Å². The van der Waals surface area contributed by atoms with Crippen LogP contribution in [0.3, 0.4) is 0 Å². The molecule has 0 spiro atoms. The fourth-order valence-electron chi connectivity index (χ4n) is 2.41. The zero-order valence-electron chi connectivity index (χ0n) is 11.3. The standard InChI is InChI=1S/C15H15N3O2S/c16-11-5-3-10(4-6-11)15(20)18-8-7-17-14(19)13(18)12-2-1-9-21-12/h1-6,9,13H,7-8,16H2,(H,17,19). The Bertz CT molecular complexity index is 652. The van der Waals surface area contributed by atoms with Crippen LogP contribution in [0.2, 0.25) is 0 Å². The lowest BCUT2D eigenvalue weighted by Gasteiger charge is -2.34. The topological polar surface area (TPSA) is 75.4 Å². The molecule has 1 aromatic heterocycles. The molecule has 1 aliphatic rings. The van der Waals surface area contributed by atoms with E-state index in [4.69, 9.17) is 5.73 Å². The number of carbonyl (C=O) groups excluding carboxylic acids is 2. The predicted octanol–water partition coefficient (Wildman–Crippen LogP) is 1.64. The molecular weight excluding hydrogens is 286 g/mol. The summed E-state index contributed by atoms with van der Waals surface area (Å²) in [5.41, 5.74) is 6.80. The monoisotopic (exact) mass is 301 g/mol. The summed E-state index contributed by atoms with van der Waals surface area (Å²) in [7, 11) is 0. The molecule has 5 nitrogen and oxygen atoms in total. The molecule has 6 heteroatoms. The number of amides is 2. The third-order valence-corrected chi connectivity index (χ3v) is 4.37. The minimum atomic E-state index is -0.552. The van der Waals surface area contributed by atoms with Crippen LogP contribution in [0, 0.1) is 0 Å². The largest absolute Gasteiger partial charge is 0.399 e. The SMILES string of the molecule is Nc1ccc(C(=O)N2CCNC(=O)C2c2cccs2)cc1. The smallest absolute Gasteiger partial charge is 0.254 e. The van der Waals surface area contributed by atoms with E-state index >= 15 is 0 Å². The van der Waals surface area contributed by atoms with Crippen molar-refractivity contribution in [3.8, 4) is 0 Å². The highest BCUT2D eigenvalue weighted by Crippen LogP contribution is 2.28. The summed E-state index contributed by atoms with van der Waals surface area (Å²) in [5, 5.41) is 4.73. The Hall–Kier alpha value is -2.34. The summed E-state index contributed by atoms with van der Waals surface area (Å²) in [5.74, 6) is -0.282. The number of benzene rings is 1. The van der Waals surface area contributed by atoms with Crippen LogP contribution in [-0.4, -0.2) is 29.8 Å². The van der Waals surface area contributed by atoms with Crippen LogP contribution in [0.4, 0.5) is 5.69 Å². The highest BCUT2D eigenvalue weighted by Gasteiger charge is 2.35. The fourth-order valence-corrected chi connectivity index (χ4v) is 3.24. The number of nitrogens with two attached hydrogens (primary N) is 1. The molecule has 3 N–H and O–H groups in total. The summed E-state index contributed by atoms with van der Waals surface area (Å²) < 4.78 is 0. The number of anilines is 1. The minimum Gasteiger partial charge on any atom is -0.399 e. The third-order valence-electron chi connectivity index (χ3n) is 3.44. The van der Waals surface area contributed by atoms with Gasteiger partial charge in [-0.25, -0.2) is 0 Å². The predicted molar refractivity (Wildman–Crippen MR) is 82.0 cm³/mol. The van der Waals surface area contributed by atoms with Gasteiger partial charge in [-0.1, -0.05) is 6.07 Å². The number of nitrogens with zero attached hydrogens (tertiary/aromatic N) is 1. The van der Waals surface area contributed by atoms with Crippen LogP contribution in [0.25, 0.3) is 0 Å². The van der Waals surface area contributed by atoms with E-state index in [1.807, 2.05) is 17.5 Å². The second-order valence-corrected chi connectivity index (χ2v) is 5.81. The number of hydrogen-bond acceptors (Lipinski definition) is 4. The first-order valence-electron chi connectivity index (χ1n) is 6.64. The van der Waals surface area contributed by atoms with Crippen molar-refractivity contribution in [3.05, 3.63) is 52.2 Å². The number of thiophene rings is 1. The molecule has 0 saturated carbocycles. The normalized spacial score (nSPS) is 18.4. The zero-order valence-corrected chi connectivity index (χ0v) is 12.1. The molecule has 1 aliphatic heterocycles. The maximum Gasteiger partial charge on any atom is 0.254 e. The van der Waals surface area contributed by atoms with Crippen molar-refractivity contribution in [2.24, 2.45) is 0 Å². The first kappa shape index (κ1) is 13.6. The molecule has 1 atom stereocenters. The molecule has 1 unspecified atom stereocenters. The van der Waals surface area contributed by atoms with Crippen LogP contribution in [0.15, 0.2) is 41.8 Å². The highest BCUT2D eigenvalue weighted by atomic mass is 32.1. The van der Waals surface area contributed by atoms with Gasteiger partial charge in [-0.3, -0.25) is 9.59 Å². The van der Waals surface area contributed by atoms with Gasteiger partial charge in [0.1, 0.15) is 6.04 Å². The van der Waals surface area contributed by atoms with Crippen molar-refractivity contribution in [1.82, 2.24) is 10.2 Å². The molecule has 108 valence electrons. The molecule has 0 aliphatic carbocycles. The maximum absolute atomic E-state index is 12.7. The number of hydrogen-bond donors (Lipinski definition) is 2. The van der Waals surface area contributed by atoms with Crippen molar-refractivity contribution in [3.63, 3.8) is 0 Å². The molecule has 2 heterocycles. The Morgan fingerprint density at radius 2 is 2.05 bits per heavy atom. The van der Waals surface area contributed by atoms with Crippen molar-refractivity contribution < 1.29 is 9.59 Å². The van der Waals surface area contributed by atoms with Gasteiger partial charge >= 0.3 is 0 Å². The van der Waals surface area contributed by atoms with Crippen molar-refractivity contribution in [2.45, 2.75) is 6.04 Å². The van der Waals surface area contributed by atoms with E-state index in [9.17, 15) is 9.59 Å². The van der Waals surface area contributed by atoms with Crippen molar-refractivity contribution in [1.29, 1.82) is 0 Å². The van der Waals surface area contributed by atoms with Crippen LogP contribution >= 0.6 is 11.3 Å². The van der Waals surface area contributed by atoms with E-state index in [-0.39, 0.29) is 11.8 Å². The maximum atomic E-state index is 12.7. The van der Waals surface area contributed by atoms with Gasteiger partial charge in [0.25, 0.3) is 5.91 Å². The summed E-state index contributed by atoms with van der Waals surface area (Å²) in [6.45, 7) is 0.971. The average Bonchev–Trinajstić information content (AvgIpc) is 3.01. The second-order valence-electron chi connectivity index (χ2n) is 4.83. The van der Waals surface area contributed by atoms with E-state index in [0.29, 0.717) is 24.3 Å². The van der Waals surface area contributed by atoms with Gasteiger partial charge in [0.15, 0.2) is 0 Å². The molecule has 2 amide bonds. The Labute approximate surface area is 126 Å². The number of rotatable bonds is 2. The van der Waals surface area contributed by atoms with Crippen LogP contribution < -0.4 is 11.1 Å². The zero-order chi connectivity index (χ0) is 14.8. The lowest BCUT2D eigenvalue weighted by atomic mass is 10.1. The molecular formula is C15H15N3O2S. The van der Waals surface area contributed by atoms with E-state index in [1.54, 1.807) is 29.2 Å². The number of nitrogens with one attached hydrogen (secondary N) is 1. The molecule has 1 aromatic carbocycles. The van der Waals surface area contributed by atoms with Crippen LogP contribution in [0.5, 0.6) is 0 Å². The molecule has 1 saturated heterocycles. The third kappa shape index (κ3) is 2.62. The molecule has 2 aromatic rings. The van der Waals surface area contributed by atoms with Gasteiger partial charge in [-0.05, 0) is 35.7 Å². The summed E-state index contributed by atoms with van der Waals surface area (Å²) in [6, 6.07) is 9.97. The van der Waals surface area contributed by atoms with Crippen LogP contribution in [-0.2, 0) is 4.79 Å². The Kier molecular flexibility index (Phi) is 3.62. The van der Waals surface area contributed by atoms with Crippen molar-refractivity contribution >= 4 is 28.8 Å². The Morgan fingerprint density at radius 3 is 2.71 bits per heavy atom. The molecule has 0 bridgehead atoms. The van der Waals surface area contributed by atoms with Crippen molar-refractivity contribution in [2.75, 3.05) is 18.8 Å². The summed E-state index contributed by atoms with van der Waals surface area (Å²) >= 11 is 1.48. The van der Waals surface area contributed by atoms with Gasteiger partial charge < -0.3 is 16.0 Å². The lowest BCUT2D eigenvalue weighted by molar-refractivity contribution is -0.127. The second kappa shape index (κ2) is 5.57. The van der Waals surface area contributed by atoms with E-state index in [0.717, 1.165) is 4.88 Å². The Balaban J connectivity index is 1.92. The molecule has 0 radical (unpaired) electrons.